The molecule has 0 aliphatic heterocycles. The zero-order valence-corrected chi connectivity index (χ0v) is 12.6. The molecule has 7 nitrogen and oxygen atoms in total. The first-order valence-electron chi connectivity index (χ1n) is 7.70. The average Bonchev–Trinajstić information content (AvgIpc) is 2.55. The minimum atomic E-state index is -0.724. The van der Waals surface area contributed by atoms with Crippen molar-refractivity contribution in [1.82, 2.24) is 15.3 Å². The van der Waals surface area contributed by atoms with Gasteiger partial charge in [0.1, 0.15) is 17.0 Å². The third kappa shape index (κ3) is 2.79. The lowest BCUT2D eigenvalue weighted by molar-refractivity contribution is 0.0755. The number of aromatic nitrogens is 2. The SMILES string of the molecule is O=C(NC1(CO)CCCCC1)c1c(O)c2cccnc2[nH]c1=O. The van der Waals surface area contributed by atoms with E-state index in [0.717, 1.165) is 19.3 Å². The minimum Gasteiger partial charge on any atom is -0.506 e. The van der Waals surface area contributed by atoms with Crippen molar-refractivity contribution in [3.63, 3.8) is 0 Å². The summed E-state index contributed by atoms with van der Waals surface area (Å²) in [4.78, 5) is 31.2. The maximum absolute atomic E-state index is 12.5. The van der Waals surface area contributed by atoms with E-state index in [1.165, 1.54) is 6.20 Å². The van der Waals surface area contributed by atoms with Gasteiger partial charge in [0, 0.05) is 6.20 Å². The number of rotatable bonds is 3. The first kappa shape index (κ1) is 15.5. The Labute approximate surface area is 132 Å². The molecule has 0 bridgehead atoms. The summed E-state index contributed by atoms with van der Waals surface area (Å²) in [5.41, 5.74) is -1.54. The highest BCUT2D eigenvalue weighted by Crippen LogP contribution is 2.29. The fraction of sp³-hybridized carbons (Fsp3) is 0.438. The second kappa shape index (κ2) is 6.00. The summed E-state index contributed by atoms with van der Waals surface area (Å²) in [5.74, 6) is -1.07. The Kier molecular flexibility index (Phi) is 4.04. The number of hydrogen-bond acceptors (Lipinski definition) is 5. The van der Waals surface area contributed by atoms with Crippen LogP contribution in [-0.2, 0) is 0 Å². The zero-order chi connectivity index (χ0) is 16.4. The molecule has 1 aliphatic rings. The molecule has 23 heavy (non-hydrogen) atoms. The van der Waals surface area contributed by atoms with Crippen LogP contribution in [0.3, 0.4) is 0 Å². The lowest BCUT2D eigenvalue weighted by Crippen LogP contribution is -2.53. The minimum absolute atomic E-state index is 0.188. The molecule has 7 heteroatoms. The molecule has 0 spiro atoms. The molecule has 0 aromatic carbocycles. The maximum Gasteiger partial charge on any atom is 0.266 e. The van der Waals surface area contributed by atoms with E-state index in [0.29, 0.717) is 18.2 Å². The number of aliphatic hydroxyl groups excluding tert-OH is 1. The molecule has 0 saturated heterocycles. The van der Waals surface area contributed by atoms with Crippen LogP contribution < -0.4 is 10.9 Å². The smallest absolute Gasteiger partial charge is 0.266 e. The molecular formula is C16H19N3O4. The van der Waals surface area contributed by atoms with E-state index in [1.54, 1.807) is 12.1 Å². The topological polar surface area (TPSA) is 115 Å². The highest BCUT2D eigenvalue weighted by atomic mass is 16.3. The van der Waals surface area contributed by atoms with E-state index >= 15 is 0 Å². The van der Waals surface area contributed by atoms with Crippen molar-refractivity contribution in [3.8, 4) is 5.75 Å². The van der Waals surface area contributed by atoms with Crippen LogP contribution >= 0.6 is 0 Å². The van der Waals surface area contributed by atoms with Crippen molar-refractivity contribution in [2.75, 3.05) is 6.61 Å². The zero-order valence-electron chi connectivity index (χ0n) is 12.6. The van der Waals surface area contributed by atoms with Crippen molar-refractivity contribution in [2.24, 2.45) is 0 Å². The largest absolute Gasteiger partial charge is 0.506 e. The summed E-state index contributed by atoms with van der Waals surface area (Å²) in [7, 11) is 0. The first-order chi connectivity index (χ1) is 11.1. The van der Waals surface area contributed by atoms with Crippen LogP contribution in [0.5, 0.6) is 5.75 Å². The van der Waals surface area contributed by atoms with Gasteiger partial charge in [0.25, 0.3) is 11.5 Å². The number of hydrogen-bond donors (Lipinski definition) is 4. The Morgan fingerprint density at radius 1 is 1.35 bits per heavy atom. The molecule has 2 heterocycles. The Morgan fingerprint density at radius 2 is 2.09 bits per heavy atom. The quantitative estimate of drug-likeness (QED) is 0.675. The van der Waals surface area contributed by atoms with Gasteiger partial charge in [-0.25, -0.2) is 4.98 Å². The van der Waals surface area contributed by atoms with Gasteiger partial charge in [0.15, 0.2) is 0 Å². The van der Waals surface area contributed by atoms with Gasteiger partial charge < -0.3 is 20.5 Å². The number of pyridine rings is 2. The molecule has 1 amide bonds. The second-order valence-electron chi connectivity index (χ2n) is 6.03. The molecule has 4 N–H and O–H groups in total. The van der Waals surface area contributed by atoms with Gasteiger partial charge in [0.2, 0.25) is 0 Å². The van der Waals surface area contributed by atoms with Crippen LogP contribution in [0.1, 0.15) is 42.5 Å². The Balaban J connectivity index is 1.99. The van der Waals surface area contributed by atoms with Crippen LogP contribution in [0, 0.1) is 0 Å². The molecule has 2 aromatic rings. The Bertz CT molecular complexity index is 794. The molecular weight excluding hydrogens is 298 g/mol. The van der Waals surface area contributed by atoms with E-state index < -0.39 is 22.8 Å². The number of H-pyrrole nitrogens is 1. The molecule has 3 rings (SSSR count). The van der Waals surface area contributed by atoms with Gasteiger partial charge in [-0.3, -0.25) is 9.59 Å². The molecule has 1 fully saturated rings. The monoisotopic (exact) mass is 317 g/mol. The summed E-state index contributed by atoms with van der Waals surface area (Å²) >= 11 is 0. The summed E-state index contributed by atoms with van der Waals surface area (Å²) < 4.78 is 0. The number of aromatic amines is 1. The maximum atomic E-state index is 12.5. The fourth-order valence-electron chi connectivity index (χ4n) is 3.17. The van der Waals surface area contributed by atoms with Gasteiger partial charge in [0.05, 0.1) is 17.5 Å². The van der Waals surface area contributed by atoms with Gasteiger partial charge >= 0.3 is 0 Å². The summed E-state index contributed by atoms with van der Waals surface area (Å²) in [6, 6.07) is 3.19. The van der Waals surface area contributed by atoms with E-state index in [9.17, 15) is 19.8 Å². The standard InChI is InChI=1S/C16H19N3O4/c20-9-16(6-2-1-3-7-16)19-15(23)11-12(21)10-5-4-8-17-13(10)18-14(11)22/h4-5,8,20H,1-3,6-7,9H2,(H,19,23)(H2,17,18,21,22). The van der Waals surface area contributed by atoms with Crippen molar-refractivity contribution in [2.45, 2.75) is 37.6 Å². The second-order valence-corrected chi connectivity index (χ2v) is 6.03. The lowest BCUT2D eigenvalue weighted by Gasteiger charge is -2.36. The molecule has 1 saturated carbocycles. The Hall–Kier alpha value is -2.41. The number of amides is 1. The van der Waals surface area contributed by atoms with Crippen LogP contribution in [0.25, 0.3) is 11.0 Å². The molecule has 1 aliphatic carbocycles. The van der Waals surface area contributed by atoms with Crippen molar-refractivity contribution in [1.29, 1.82) is 0 Å². The number of nitrogens with one attached hydrogen (secondary N) is 2. The lowest BCUT2D eigenvalue weighted by atomic mass is 9.82. The van der Waals surface area contributed by atoms with Gasteiger partial charge in [-0.15, -0.1) is 0 Å². The first-order valence-corrected chi connectivity index (χ1v) is 7.70. The Morgan fingerprint density at radius 3 is 2.78 bits per heavy atom. The van der Waals surface area contributed by atoms with Crippen LogP contribution in [-0.4, -0.2) is 38.2 Å². The number of aliphatic hydroxyl groups is 1. The van der Waals surface area contributed by atoms with E-state index in [-0.39, 0.29) is 17.8 Å². The summed E-state index contributed by atoms with van der Waals surface area (Å²) in [6.45, 7) is -0.188. The fourth-order valence-corrected chi connectivity index (χ4v) is 3.17. The molecule has 122 valence electrons. The van der Waals surface area contributed by atoms with E-state index in [4.69, 9.17) is 0 Å². The molecule has 2 aromatic heterocycles. The summed E-state index contributed by atoms with van der Waals surface area (Å²) in [6.07, 6.45) is 5.67. The van der Waals surface area contributed by atoms with Gasteiger partial charge in [-0.1, -0.05) is 19.3 Å². The van der Waals surface area contributed by atoms with Gasteiger partial charge in [-0.2, -0.15) is 0 Å². The molecule has 0 radical (unpaired) electrons. The highest BCUT2D eigenvalue weighted by Gasteiger charge is 2.34. The highest BCUT2D eigenvalue weighted by molar-refractivity contribution is 6.01. The number of carbonyl (C=O) groups excluding carboxylic acids is 1. The van der Waals surface area contributed by atoms with Crippen molar-refractivity contribution >= 4 is 16.9 Å². The third-order valence-corrected chi connectivity index (χ3v) is 4.48. The predicted molar refractivity (Wildman–Crippen MR) is 84.4 cm³/mol. The van der Waals surface area contributed by atoms with Crippen molar-refractivity contribution in [3.05, 3.63) is 34.2 Å². The van der Waals surface area contributed by atoms with E-state index in [1.807, 2.05) is 0 Å². The number of fused-ring (bicyclic) bond motifs is 1. The van der Waals surface area contributed by atoms with Crippen LogP contribution in [0.4, 0.5) is 0 Å². The van der Waals surface area contributed by atoms with Crippen LogP contribution in [0.2, 0.25) is 0 Å². The van der Waals surface area contributed by atoms with Gasteiger partial charge in [-0.05, 0) is 25.0 Å². The number of carbonyl (C=O) groups is 1. The van der Waals surface area contributed by atoms with E-state index in [2.05, 4.69) is 15.3 Å². The molecule has 0 unspecified atom stereocenters. The molecule has 0 atom stereocenters. The predicted octanol–water partition coefficient (Wildman–Crippen LogP) is 1.05. The third-order valence-electron chi connectivity index (χ3n) is 4.48. The van der Waals surface area contributed by atoms with Crippen LogP contribution in [0.15, 0.2) is 23.1 Å². The number of aromatic hydroxyl groups is 1. The number of nitrogens with zero attached hydrogens (tertiary/aromatic N) is 1. The van der Waals surface area contributed by atoms with Crippen molar-refractivity contribution < 1.29 is 15.0 Å². The summed E-state index contributed by atoms with van der Waals surface area (Å²) in [5, 5.41) is 23.0. The average molecular weight is 317 g/mol. The normalized spacial score (nSPS) is 17.1.